The predicted octanol–water partition coefficient (Wildman–Crippen LogP) is -0.707. The summed E-state index contributed by atoms with van der Waals surface area (Å²) in [4.78, 5) is 0.104. The van der Waals surface area contributed by atoms with Crippen molar-refractivity contribution in [2.75, 3.05) is 18.1 Å². The van der Waals surface area contributed by atoms with Gasteiger partial charge in [0.05, 0.1) is 22.9 Å². The van der Waals surface area contributed by atoms with Crippen molar-refractivity contribution in [3.8, 4) is 0 Å². The second kappa shape index (κ2) is 6.03. The molecule has 120 valence electrons. The Morgan fingerprint density at radius 1 is 1.43 bits per heavy atom. The molecule has 0 aliphatic carbocycles. The quantitative estimate of drug-likeness (QED) is 0.631. The van der Waals surface area contributed by atoms with E-state index in [1.807, 2.05) is 6.92 Å². The molecule has 1 fully saturated rings. The third kappa shape index (κ3) is 3.82. The van der Waals surface area contributed by atoms with Gasteiger partial charge in [0, 0.05) is 12.6 Å². The highest BCUT2D eigenvalue weighted by Gasteiger charge is 2.33. The summed E-state index contributed by atoms with van der Waals surface area (Å²) in [6.07, 6.45) is 0.307. The van der Waals surface area contributed by atoms with E-state index in [1.165, 1.54) is 0 Å². The monoisotopic (exact) mass is 336 g/mol. The lowest BCUT2D eigenvalue weighted by atomic mass is 10.3. The summed E-state index contributed by atoms with van der Waals surface area (Å²) in [5.41, 5.74) is 0.846. The molecule has 0 saturated carbocycles. The molecule has 10 heteroatoms. The first kappa shape index (κ1) is 16.4. The number of sulfone groups is 1. The van der Waals surface area contributed by atoms with E-state index in [0.717, 1.165) is 0 Å². The van der Waals surface area contributed by atoms with Gasteiger partial charge in [-0.2, -0.15) is 5.10 Å². The molecule has 1 aromatic heterocycles. The molecular weight excluding hydrogens is 316 g/mol. The maximum absolute atomic E-state index is 12.5. The van der Waals surface area contributed by atoms with Crippen molar-refractivity contribution in [3.05, 3.63) is 11.4 Å². The zero-order valence-corrected chi connectivity index (χ0v) is 13.6. The van der Waals surface area contributed by atoms with Crippen LogP contribution in [0.15, 0.2) is 4.90 Å². The fourth-order valence-corrected chi connectivity index (χ4v) is 5.77. The van der Waals surface area contributed by atoms with Gasteiger partial charge in [-0.15, -0.1) is 0 Å². The van der Waals surface area contributed by atoms with Gasteiger partial charge >= 0.3 is 0 Å². The summed E-state index contributed by atoms with van der Waals surface area (Å²) in [5.74, 6) is -0.125. The van der Waals surface area contributed by atoms with E-state index in [2.05, 4.69) is 20.2 Å². The van der Waals surface area contributed by atoms with Crippen LogP contribution in [0.4, 0.5) is 0 Å². The average molecular weight is 336 g/mol. The maximum atomic E-state index is 12.5. The summed E-state index contributed by atoms with van der Waals surface area (Å²) in [5, 5.41) is 9.69. The Bertz CT molecular complexity index is 709. The van der Waals surface area contributed by atoms with Crippen molar-refractivity contribution in [2.45, 2.75) is 37.8 Å². The van der Waals surface area contributed by atoms with Gasteiger partial charge < -0.3 is 5.32 Å². The lowest BCUT2D eigenvalue weighted by Gasteiger charge is -2.12. The van der Waals surface area contributed by atoms with Crippen molar-refractivity contribution in [1.82, 2.24) is 20.2 Å². The van der Waals surface area contributed by atoms with Gasteiger partial charge in [-0.1, -0.05) is 6.92 Å². The summed E-state index contributed by atoms with van der Waals surface area (Å²) in [7, 11) is -6.92. The first-order valence-electron chi connectivity index (χ1n) is 6.72. The third-order valence-electron chi connectivity index (χ3n) is 3.33. The number of hydrogen-bond acceptors (Lipinski definition) is 6. The number of aryl methyl sites for hydroxylation is 1. The van der Waals surface area contributed by atoms with Crippen LogP contribution in [-0.2, 0) is 26.4 Å². The van der Waals surface area contributed by atoms with E-state index in [4.69, 9.17) is 0 Å². The third-order valence-corrected chi connectivity index (χ3v) is 6.82. The lowest BCUT2D eigenvalue weighted by molar-refractivity contribution is 0.559. The molecule has 2 heterocycles. The van der Waals surface area contributed by atoms with Crippen molar-refractivity contribution in [3.63, 3.8) is 0 Å². The first-order valence-corrected chi connectivity index (χ1v) is 10.0. The Labute approximate surface area is 124 Å². The summed E-state index contributed by atoms with van der Waals surface area (Å²) in [6, 6.07) is -0.568. The zero-order valence-electron chi connectivity index (χ0n) is 12.0. The van der Waals surface area contributed by atoms with Gasteiger partial charge in [0.1, 0.15) is 4.90 Å². The molecule has 21 heavy (non-hydrogen) atoms. The highest BCUT2D eigenvalue weighted by molar-refractivity contribution is 7.92. The Hall–Kier alpha value is -0.970. The van der Waals surface area contributed by atoms with Gasteiger partial charge in [0.15, 0.2) is 9.84 Å². The Kier molecular flexibility index (Phi) is 4.71. The van der Waals surface area contributed by atoms with Crippen molar-refractivity contribution < 1.29 is 16.8 Å². The lowest BCUT2D eigenvalue weighted by Crippen LogP contribution is -2.36. The number of nitrogens with one attached hydrogen (secondary N) is 3. The van der Waals surface area contributed by atoms with E-state index >= 15 is 0 Å². The molecule has 1 unspecified atom stereocenters. The zero-order chi connectivity index (χ0) is 15.7. The van der Waals surface area contributed by atoms with Crippen LogP contribution in [0.5, 0.6) is 0 Å². The SMILES string of the molecule is CCNCc1n[nH]c(C)c1S(=O)(=O)NC1CCS(=O)(=O)C1. The molecule has 0 aromatic carbocycles. The number of sulfonamides is 1. The highest BCUT2D eigenvalue weighted by atomic mass is 32.2. The van der Waals surface area contributed by atoms with E-state index in [0.29, 0.717) is 30.9 Å². The second-order valence-electron chi connectivity index (χ2n) is 5.13. The second-order valence-corrected chi connectivity index (χ2v) is 9.01. The summed E-state index contributed by atoms with van der Waals surface area (Å²) < 4.78 is 50.3. The summed E-state index contributed by atoms with van der Waals surface area (Å²) in [6.45, 7) is 4.57. The Morgan fingerprint density at radius 3 is 2.71 bits per heavy atom. The molecule has 2 rings (SSSR count). The number of H-pyrrole nitrogens is 1. The minimum absolute atomic E-state index is 0.0226. The molecule has 0 amide bonds. The Morgan fingerprint density at radius 2 is 2.14 bits per heavy atom. The molecule has 1 aromatic rings. The van der Waals surface area contributed by atoms with E-state index < -0.39 is 25.9 Å². The van der Waals surface area contributed by atoms with Crippen molar-refractivity contribution in [2.24, 2.45) is 0 Å². The predicted molar refractivity (Wildman–Crippen MR) is 78.1 cm³/mol. The van der Waals surface area contributed by atoms with Gasteiger partial charge in [-0.25, -0.2) is 21.6 Å². The standard InChI is InChI=1S/C11H20N4O4S2/c1-3-12-6-10-11(8(2)13-14-10)21(18,19)15-9-4-5-20(16,17)7-9/h9,12,15H,3-7H2,1-2H3,(H,13,14). The van der Waals surface area contributed by atoms with E-state index in [-0.39, 0.29) is 16.4 Å². The molecule has 0 bridgehead atoms. The van der Waals surface area contributed by atoms with Gasteiger partial charge in [-0.05, 0) is 19.9 Å². The number of aromatic amines is 1. The largest absolute Gasteiger partial charge is 0.311 e. The minimum atomic E-state index is -3.79. The topological polar surface area (TPSA) is 121 Å². The van der Waals surface area contributed by atoms with Crippen LogP contribution < -0.4 is 10.0 Å². The summed E-state index contributed by atoms with van der Waals surface area (Å²) >= 11 is 0. The van der Waals surface area contributed by atoms with Crippen LogP contribution in [0.2, 0.25) is 0 Å². The molecule has 1 saturated heterocycles. The number of hydrogen-bond donors (Lipinski definition) is 3. The maximum Gasteiger partial charge on any atom is 0.244 e. The van der Waals surface area contributed by atoms with Gasteiger partial charge in [-0.3, -0.25) is 5.10 Å². The first-order chi connectivity index (χ1) is 9.75. The van der Waals surface area contributed by atoms with Crippen LogP contribution >= 0.6 is 0 Å². The van der Waals surface area contributed by atoms with Gasteiger partial charge in [0.2, 0.25) is 10.0 Å². The average Bonchev–Trinajstić information content (AvgIpc) is 2.89. The van der Waals surface area contributed by atoms with E-state index in [1.54, 1.807) is 6.92 Å². The normalized spacial score (nSPS) is 21.7. The molecule has 8 nitrogen and oxygen atoms in total. The molecular formula is C11H20N4O4S2. The molecule has 1 atom stereocenters. The Balaban J connectivity index is 2.22. The van der Waals surface area contributed by atoms with Crippen LogP contribution in [-0.4, -0.2) is 51.1 Å². The number of aromatic nitrogens is 2. The van der Waals surface area contributed by atoms with Crippen molar-refractivity contribution in [1.29, 1.82) is 0 Å². The molecule has 1 aliphatic heterocycles. The van der Waals surface area contributed by atoms with Crippen LogP contribution in [0, 0.1) is 6.92 Å². The molecule has 1 aliphatic rings. The molecule has 0 radical (unpaired) electrons. The molecule has 0 spiro atoms. The van der Waals surface area contributed by atoms with Crippen LogP contribution in [0.25, 0.3) is 0 Å². The fraction of sp³-hybridized carbons (Fsp3) is 0.727. The highest BCUT2D eigenvalue weighted by Crippen LogP contribution is 2.20. The van der Waals surface area contributed by atoms with Crippen LogP contribution in [0.3, 0.4) is 0 Å². The van der Waals surface area contributed by atoms with Gasteiger partial charge in [0.25, 0.3) is 0 Å². The van der Waals surface area contributed by atoms with E-state index in [9.17, 15) is 16.8 Å². The number of rotatable bonds is 6. The van der Waals surface area contributed by atoms with Crippen molar-refractivity contribution >= 4 is 19.9 Å². The fourth-order valence-electron chi connectivity index (χ4n) is 2.36. The van der Waals surface area contributed by atoms with Crippen LogP contribution in [0.1, 0.15) is 24.7 Å². The smallest absolute Gasteiger partial charge is 0.244 e. The number of nitrogens with zero attached hydrogens (tertiary/aromatic N) is 1. The minimum Gasteiger partial charge on any atom is -0.311 e. The molecule has 3 N–H and O–H groups in total.